The first kappa shape index (κ1) is 14.5. The van der Waals surface area contributed by atoms with Crippen LogP contribution in [0.15, 0.2) is 24.5 Å². The van der Waals surface area contributed by atoms with Crippen molar-refractivity contribution in [3.8, 4) is 11.3 Å². The van der Waals surface area contributed by atoms with Gasteiger partial charge in [0.1, 0.15) is 5.69 Å². The fraction of sp³-hybridized carbons (Fsp3) is 0.385. The first-order valence-electron chi connectivity index (χ1n) is 6.39. The van der Waals surface area contributed by atoms with Gasteiger partial charge in [0.05, 0.1) is 0 Å². The Balaban J connectivity index is 2.26. The minimum atomic E-state index is -1.07. The van der Waals surface area contributed by atoms with Crippen LogP contribution in [0.25, 0.3) is 11.3 Å². The summed E-state index contributed by atoms with van der Waals surface area (Å²) in [5, 5.41) is 16.9. The first-order chi connectivity index (χ1) is 9.74. The number of nitrogens with zero attached hydrogens (tertiary/aromatic N) is 4. The Kier molecular flexibility index (Phi) is 5.11. The predicted molar refractivity (Wildman–Crippen MR) is 77.8 cm³/mol. The van der Waals surface area contributed by atoms with Gasteiger partial charge in [-0.05, 0) is 30.1 Å². The van der Waals surface area contributed by atoms with Gasteiger partial charge in [-0.3, -0.25) is 4.98 Å². The zero-order valence-corrected chi connectivity index (χ0v) is 12.0. The van der Waals surface area contributed by atoms with Crippen LogP contribution in [0.1, 0.15) is 23.8 Å². The highest BCUT2D eigenvalue weighted by Gasteiger charge is 2.20. The van der Waals surface area contributed by atoms with Crippen LogP contribution in [0, 0.1) is 0 Å². The minimum absolute atomic E-state index is 0.0267. The molecule has 0 atom stereocenters. The van der Waals surface area contributed by atoms with Crippen LogP contribution in [0.5, 0.6) is 0 Å². The smallest absolute Gasteiger partial charge is 0.358 e. The van der Waals surface area contributed by atoms with E-state index in [0.29, 0.717) is 12.2 Å². The van der Waals surface area contributed by atoms with Crippen LogP contribution in [-0.2, 0) is 6.54 Å². The first-order valence-corrected chi connectivity index (χ1v) is 7.54. The predicted octanol–water partition coefficient (Wildman–Crippen LogP) is 2.18. The highest BCUT2D eigenvalue weighted by Crippen LogP contribution is 2.21. The molecule has 0 unspecified atom stereocenters. The van der Waals surface area contributed by atoms with Crippen molar-refractivity contribution in [2.75, 3.05) is 11.5 Å². The van der Waals surface area contributed by atoms with Gasteiger partial charge in [-0.25, -0.2) is 9.48 Å². The number of aromatic carboxylic acids is 1. The van der Waals surface area contributed by atoms with Crippen molar-refractivity contribution in [1.29, 1.82) is 0 Å². The molecule has 2 heterocycles. The maximum Gasteiger partial charge on any atom is 0.358 e. The fourth-order valence-corrected chi connectivity index (χ4v) is 2.48. The molecule has 0 aliphatic carbocycles. The molecule has 0 bridgehead atoms. The molecule has 2 aromatic heterocycles. The van der Waals surface area contributed by atoms with E-state index in [0.717, 1.165) is 23.5 Å². The number of carbonyl (C=O) groups is 1. The van der Waals surface area contributed by atoms with Crippen LogP contribution >= 0.6 is 11.8 Å². The Morgan fingerprint density at radius 2 is 2.35 bits per heavy atom. The molecule has 0 saturated heterocycles. The number of pyridine rings is 1. The molecule has 1 N–H and O–H groups in total. The van der Waals surface area contributed by atoms with Gasteiger partial charge < -0.3 is 5.11 Å². The largest absolute Gasteiger partial charge is 0.476 e. The summed E-state index contributed by atoms with van der Waals surface area (Å²) in [6.45, 7) is 2.77. The summed E-state index contributed by atoms with van der Waals surface area (Å²) in [5.41, 5.74) is 1.21. The van der Waals surface area contributed by atoms with Crippen molar-refractivity contribution in [2.45, 2.75) is 19.9 Å². The maximum atomic E-state index is 11.2. The number of aromatic nitrogens is 4. The monoisotopic (exact) mass is 292 g/mol. The molecule has 0 aromatic carbocycles. The van der Waals surface area contributed by atoms with Gasteiger partial charge in [-0.2, -0.15) is 11.8 Å². The minimum Gasteiger partial charge on any atom is -0.476 e. The molecule has 2 aromatic rings. The van der Waals surface area contributed by atoms with Crippen molar-refractivity contribution in [1.82, 2.24) is 20.0 Å². The van der Waals surface area contributed by atoms with E-state index >= 15 is 0 Å². The molecule has 106 valence electrons. The van der Waals surface area contributed by atoms with Gasteiger partial charge in [0.25, 0.3) is 0 Å². The van der Waals surface area contributed by atoms with Gasteiger partial charge in [0.15, 0.2) is 5.69 Å². The molecule has 0 saturated carbocycles. The van der Waals surface area contributed by atoms with Gasteiger partial charge in [0, 0.05) is 24.5 Å². The Hall–Kier alpha value is -1.89. The third kappa shape index (κ3) is 3.36. The van der Waals surface area contributed by atoms with Crippen molar-refractivity contribution in [2.24, 2.45) is 0 Å². The molecule has 6 nitrogen and oxygen atoms in total. The average molecular weight is 292 g/mol. The maximum absolute atomic E-state index is 11.2. The Morgan fingerprint density at radius 1 is 1.50 bits per heavy atom. The van der Waals surface area contributed by atoms with E-state index < -0.39 is 5.97 Å². The van der Waals surface area contributed by atoms with E-state index in [4.69, 9.17) is 0 Å². The van der Waals surface area contributed by atoms with Gasteiger partial charge >= 0.3 is 5.97 Å². The molecule has 0 radical (unpaired) electrons. The van der Waals surface area contributed by atoms with Crippen molar-refractivity contribution in [3.05, 3.63) is 30.2 Å². The van der Waals surface area contributed by atoms with Gasteiger partial charge in [-0.15, -0.1) is 5.10 Å². The van der Waals surface area contributed by atoms with Crippen LogP contribution in [-0.4, -0.2) is 42.6 Å². The summed E-state index contributed by atoms with van der Waals surface area (Å²) in [4.78, 5) is 15.3. The lowest BCUT2D eigenvalue weighted by atomic mass is 10.1. The summed E-state index contributed by atoms with van der Waals surface area (Å²) in [6.07, 6.45) is 4.20. The zero-order valence-electron chi connectivity index (χ0n) is 11.2. The third-order valence-electron chi connectivity index (χ3n) is 2.74. The third-order valence-corrected chi connectivity index (χ3v) is 3.72. The molecule has 20 heavy (non-hydrogen) atoms. The molecule has 0 aliphatic rings. The Bertz CT molecular complexity index is 571. The van der Waals surface area contributed by atoms with Crippen LogP contribution in [0.4, 0.5) is 0 Å². The second kappa shape index (κ2) is 7.04. The summed E-state index contributed by atoms with van der Waals surface area (Å²) >= 11 is 1.85. The number of thioether (sulfide) groups is 1. The van der Waals surface area contributed by atoms with Crippen LogP contribution in [0.3, 0.4) is 0 Å². The van der Waals surface area contributed by atoms with Crippen molar-refractivity contribution >= 4 is 17.7 Å². The summed E-state index contributed by atoms with van der Waals surface area (Å²) < 4.78 is 1.65. The molecule has 0 spiro atoms. The second-order valence-corrected chi connectivity index (χ2v) is 5.50. The Labute approximate surface area is 121 Å². The number of carboxylic acid groups (broad SMARTS) is 1. The van der Waals surface area contributed by atoms with Gasteiger partial charge in [0.2, 0.25) is 0 Å². The van der Waals surface area contributed by atoms with E-state index in [-0.39, 0.29) is 5.69 Å². The lowest BCUT2D eigenvalue weighted by Gasteiger charge is -2.06. The standard InChI is InChI=1S/C13H16N4O2S/c1-2-20-8-4-7-17-12(10-5-3-6-14-9-10)11(13(18)19)15-16-17/h3,5-6,9H,2,4,7-8H2,1H3,(H,18,19). The average Bonchev–Trinajstić information content (AvgIpc) is 2.88. The van der Waals surface area contributed by atoms with E-state index in [2.05, 4.69) is 22.2 Å². The van der Waals surface area contributed by atoms with Crippen molar-refractivity contribution in [3.63, 3.8) is 0 Å². The number of aryl methyl sites for hydroxylation is 1. The molecule has 0 aliphatic heterocycles. The quantitative estimate of drug-likeness (QED) is 0.788. The Morgan fingerprint density at radius 3 is 3.00 bits per heavy atom. The van der Waals surface area contributed by atoms with Gasteiger partial charge in [-0.1, -0.05) is 12.1 Å². The lowest BCUT2D eigenvalue weighted by Crippen LogP contribution is -2.06. The summed E-state index contributed by atoms with van der Waals surface area (Å²) in [7, 11) is 0. The van der Waals surface area contributed by atoms with E-state index in [1.807, 2.05) is 17.8 Å². The SMILES string of the molecule is CCSCCCn1nnc(C(=O)O)c1-c1cccnc1. The number of hydrogen-bond donors (Lipinski definition) is 1. The number of hydrogen-bond acceptors (Lipinski definition) is 5. The number of rotatable bonds is 7. The number of carboxylic acids is 1. The summed E-state index contributed by atoms with van der Waals surface area (Å²) in [5.74, 6) is 1.02. The lowest BCUT2D eigenvalue weighted by molar-refractivity contribution is 0.0691. The van der Waals surface area contributed by atoms with Crippen molar-refractivity contribution < 1.29 is 9.90 Å². The zero-order chi connectivity index (χ0) is 14.4. The van der Waals surface area contributed by atoms with E-state index in [9.17, 15) is 9.90 Å². The second-order valence-electron chi connectivity index (χ2n) is 4.11. The molecular formula is C13H16N4O2S. The van der Waals surface area contributed by atoms with Crippen LogP contribution < -0.4 is 0 Å². The molecular weight excluding hydrogens is 276 g/mol. The fourth-order valence-electron chi connectivity index (χ4n) is 1.86. The molecule has 2 rings (SSSR count). The molecule has 0 fully saturated rings. The van der Waals surface area contributed by atoms with E-state index in [1.54, 1.807) is 23.1 Å². The molecule has 0 amide bonds. The highest BCUT2D eigenvalue weighted by atomic mass is 32.2. The topological polar surface area (TPSA) is 80.9 Å². The van der Waals surface area contributed by atoms with E-state index in [1.165, 1.54) is 0 Å². The summed E-state index contributed by atoms with van der Waals surface area (Å²) in [6, 6.07) is 3.58. The highest BCUT2D eigenvalue weighted by molar-refractivity contribution is 7.99. The molecule has 7 heteroatoms. The normalized spacial score (nSPS) is 10.7. The van der Waals surface area contributed by atoms with Crippen LogP contribution in [0.2, 0.25) is 0 Å².